The number of carbonyl (C=O) groups is 4. The zero-order valence-electron chi connectivity index (χ0n) is 15.8. The first kappa shape index (κ1) is 26.2. The summed E-state index contributed by atoms with van der Waals surface area (Å²) in [4.78, 5) is 65.9. The first-order valence-electron chi connectivity index (χ1n) is 8.40. The van der Waals surface area contributed by atoms with E-state index in [0.29, 0.717) is 16.7 Å². The highest BCUT2D eigenvalue weighted by Crippen LogP contribution is 2.28. The van der Waals surface area contributed by atoms with Crippen molar-refractivity contribution in [1.29, 1.82) is 0 Å². The number of aromatic nitrogens is 2. The molecule has 8 N–H and O–H groups in total. The van der Waals surface area contributed by atoms with E-state index >= 15 is 0 Å². The normalized spacial score (nSPS) is 22.5. The van der Waals surface area contributed by atoms with E-state index in [9.17, 15) is 39.0 Å². The number of aliphatic hydroxyl groups is 3. The molecule has 1 aliphatic heterocycles. The predicted octanol–water partition coefficient (Wildman–Crippen LogP) is -3.60. The molecule has 0 amide bonds. The van der Waals surface area contributed by atoms with Gasteiger partial charge in [-0.25, -0.2) is 19.2 Å². The summed E-state index contributed by atoms with van der Waals surface area (Å²) in [7, 11) is 0. The number of aromatic amines is 1. The van der Waals surface area contributed by atoms with Gasteiger partial charge in [0.05, 0.1) is 18.6 Å². The molecule has 0 unspecified atom stereocenters. The zero-order valence-corrected chi connectivity index (χ0v) is 15.8. The Kier molecular flexibility index (Phi) is 8.96. The fourth-order valence-electron chi connectivity index (χ4n) is 2.52. The Bertz CT molecular complexity index is 1040. The number of hydrogen-bond donors (Lipinski definition) is 8. The first-order chi connectivity index (χ1) is 14.8. The lowest BCUT2D eigenvalue weighted by atomic mass is 10.1. The maximum Gasteiger partial charge on any atom is 0.352 e. The number of H-pyrrole nitrogens is 1. The van der Waals surface area contributed by atoms with Crippen molar-refractivity contribution in [3.8, 4) is 0 Å². The van der Waals surface area contributed by atoms with Gasteiger partial charge in [-0.3, -0.25) is 19.1 Å². The van der Waals surface area contributed by atoms with E-state index in [1.165, 1.54) is 0 Å². The van der Waals surface area contributed by atoms with Crippen LogP contribution in [0.15, 0.2) is 27.3 Å². The highest BCUT2D eigenvalue weighted by Gasteiger charge is 2.44. The summed E-state index contributed by atoms with van der Waals surface area (Å²) in [5.74, 6) is -5.98. The van der Waals surface area contributed by atoms with Crippen LogP contribution in [0.1, 0.15) is 23.1 Å². The van der Waals surface area contributed by atoms with Crippen LogP contribution in [0.3, 0.4) is 0 Å². The fraction of sp³-hybridized carbons (Fsp3) is 0.375. The van der Waals surface area contributed by atoms with Gasteiger partial charge in [0.25, 0.3) is 5.56 Å². The maximum atomic E-state index is 11.7. The number of carboxylic acids is 4. The standard InChI is InChI=1S/C10H12N2O8.C6H6O6/c13-2-4-6(15)7(16)8(20-4)12-3(9(17)18)1-5(14)11-10(12)19;7-4(8)1-3(6(11)12)2-5(9)10/h1,4,6-8,13,15-16H,2H2,(H,17,18)(H,11,14,19);1H,2H2,(H,7,8)(H,9,10)(H,11,12)/t4-,6-,7-,8-;/m1./s1. The second-order valence-corrected chi connectivity index (χ2v) is 6.11. The molecule has 16 nitrogen and oxygen atoms in total. The number of hydrogen-bond acceptors (Lipinski definition) is 10. The summed E-state index contributed by atoms with van der Waals surface area (Å²) >= 11 is 0. The Hall–Kier alpha value is -3.86. The second kappa shape index (κ2) is 11.0. The van der Waals surface area contributed by atoms with Gasteiger partial charge in [-0.2, -0.15) is 0 Å². The Balaban J connectivity index is 0.000000368. The molecular weight excluding hydrogens is 444 g/mol. The van der Waals surface area contributed by atoms with E-state index in [-0.39, 0.29) is 0 Å². The van der Waals surface area contributed by atoms with E-state index in [1.54, 1.807) is 0 Å². The number of carboxylic acid groups (broad SMARTS) is 4. The van der Waals surface area contributed by atoms with Crippen molar-refractivity contribution in [2.24, 2.45) is 0 Å². The maximum absolute atomic E-state index is 11.7. The largest absolute Gasteiger partial charge is 0.481 e. The lowest BCUT2D eigenvalue weighted by molar-refractivity contribution is -0.140. The van der Waals surface area contributed by atoms with Gasteiger partial charge in [0, 0.05) is 12.1 Å². The summed E-state index contributed by atoms with van der Waals surface area (Å²) in [5.41, 5.74) is -3.39. The van der Waals surface area contributed by atoms with E-state index in [0.717, 1.165) is 0 Å². The minimum Gasteiger partial charge on any atom is -0.481 e. The van der Waals surface area contributed by atoms with Gasteiger partial charge >= 0.3 is 29.6 Å². The Morgan fingerprint density at radius 1 is 1.06 bits per heavy atom. The molecule has 0 radical (unpaired) electrons. The van der Waals surface area contributed by atoms with Crippen LogP contribution >= 0.6 is 0 Å². The molecular formula is C16H18N2O14. The van der Waals surface area contributed by atoms with Crippen LogP contribution in [0, 0.1) is 0 Å². The topological polar surface area (TPSA) is 274 Å². The average molecular weight is 462 g/mol. The molecule has 1 aromatic rings. The van der Waals surface area contributed by atoms with Crippen molar-refractivity contribution >= 4 is 23.9 Å². The van der Waals surface area contributed by atoms with E-state index in [1.807, 2.05) is 4.98 Å². The molecule has 0 saturated carbocycles. The number of aliphatic carboxylic acids is 3. The molecule has 176 valence electrons. The molecule has 16 heteroatoms. The van der Waals surface area contributed by atoms with Crippen molar-refractivity contribution in [1.82, 2.24) is 9.55 Å². The molecule has 1 fully saturated rings. The lowest BCUT2D eigenvalue weighted by Crippen LogP contribution is -2.40. The van der Waals surface area contributed by atoms with Gasteiger partial charge in [-0.15, -0.1) is 0 Å². The highest BCUT2D eigenvalue weighted by molar-refractivity contribution is 5.98. The summed E-state index contributed by atoms with van der Waals surface area (Å²) in [6, 6.07) is 0.651. The first-order valence-corrected chi connectivity index (χ1v) is 8.40. The predicted molar refractivity (Wildman–Crippen MR) is 96.9 cm³/mol. The Morgan fingerprint density at radius 3 is 2.06 bits per heavy atom. The molecule has 0 aliphatic carbocycles. The lowest BCUT2D eigenvalue weighted by Gasteiger charge is -2.19. The number of aromatic carboxylic acids is 1. The monoisotopic (exact) mass is 462 g/mol. The van der Waals surface area contributed by atoms with Crippen LogP contribution in [-0.2, 0) is 19.1 Å². The molecule has 1 aromatic heterocycles. The number of rotatable bonds is 7. The van der Waals surface area contributed by atoms with Gasteiger partial charge in [0.2, 0.25) is 0 Å². The van der Waals surface area contributed by atoms with Crippen LogP contribution in [0.25, 0.3) is 0 Å². The quantitative estimate of drug-likeness (QED) is 0.182. The number of nitrogens with one attached hydrogen (secondary N) is 1. The van der Waals surface area contributed by atoms with Gasteiger partial charge in [-0.05, 0) is 0 Å². The number of aliphatic hydroxyl groups excluding tert-OH is 3. The van der Waals surface area contributed by atoms with Gasteiger partial charge in [0.1, 0.15) is 24.0 Å². The fourth-order valence-corrected chi connectivity index (χ4v) is 2.52. The molecule has 4 atom stereocenters. The summed E-state index contributed by atoms with van der Waals surface area (Å²) in [5, 5.41) is 61.9. The highest BCUT2D eigenvalue weighted by atomic mass is 16.6. The van der Waals surface area contributed by atoms with E-state index in [2.05, 4.69) is 0 Å². The average Bonchev–Trinajstić information content (AvgIpc) is 2.94. The molecule has 1 saturated heterocycles. The van der Waals surface area contributed by atoms with Gasteiger partial charge in [0.15, 0.2) is 6.23 Å². The Labute approximate surface area is 175 Å². The second-order valence-electron chi connectivity index (χ2n) is 6.11. The third kappa shape index (κ3) is 6.57. The SMILES string of the molecule is O=C(O)C=C(CC(=O)O)C(=O)O.O=C(O)c1cc(=O)[nH]c(=O)n1[C@@H]1O[C@H](CO)[C@@H](O)[C@H]1O. The summed E-state index contributed by atoms with van der Waals surface area (Å²) < 4.78 is 5.57. The summed E-state index contributed by atoms with van der Waals surface area (Å²) in [6.45, 7) is -0.630. The van der Waals surface area contributed by atoms with Gasteiger partial charge < -0.3 is 40.5 Å². The minimum atomic E-state index is -1.63. The molecule has 0 aromatic carbocycles. The van der Waals surface area contributed by atoms with Gasteiger partial charge in [-0.1, -0.05) is 0 Å². The van der Waals surface area contributed by atoms with Crippen LogP contribution in [0.4, 0.5) is 0 Å². The third-order valence-corrected chi connectivity index (χ3v) is 3.88. The van der Waals surface area contributed by atoms with Crippen molar-refractivity contribution in [3.05, 3.63) is 44.2 Å². The number of ether oxygens (including phenoxy) is 1. The van der Waals surface area contributed by atoms with Crippen molar-refractivity contribution in [2.75, 3.05) is 6.61 Å². The zero-order chi connectivity index (χ0) is 24.7. The van der Waals surface area contributed by atoms with Crippen LogP contribution < -0.4 is 11.2 Å². The van der Waals surface area contributed by atoms with E-state index < -0.39 is 84.0 Å². The molecule has 2 rings (SSSR count). The summed E-state index contributed by atoms with van der Waals surface area (Å²) in [6.07, 6.45) is -6.27. The molecule has 32 heavy (non-hydrogen) atoms. The van der Waals surface area contributed by atoms with E-state index in [4.69, 9.17) is 30.3 Å². The Morgan fingerprint density at radius 2 is 1.66 bits per heavy atom. The molecule has 0 spiro atoms. The molecule has 0 bridgehead atoms. The van der Waals surface area contributed by atoms with Crippen LogP contribution in [0.5, 0.6) is 0 Å². The number of nitrogens with zero attached hydrogens (tertiary/aromatic N) is 1. The van der Waals surface area contributed by atoms with Crippen LogP contribution in [0.2, 0.25) is 0 Å². The molecule has 1 aliphatic rings. The minimum absolute atomic E-state index is 0.358. The third-order valence-electron chi connectivity index (χ3n) is 3.88. The smallest absolute Gasteiger partial charge is 0.352 e. The van der Waals surface area contributed by atoms with Crippen molar-refractivity contribution in [2.45, 2.75) is 31.0 Å². The molecule has 2 heterocycles. The van der Waals surface area contributed by atoms with Crippen molar-refractivity contribution < 1.29 is 59.7 Å². The van der Waals surface area contributed by atoms with Crippen LogP contribution in [-0.4, -0.2) is 94.1 Å². The van der Waals surface area contributed by atoms with Crippen molar-refractivity contribution in [3.63, 3.8) is 0 Å².